The molecule has 0 fully saturated rings. The van der Waals surface area contributed by atoms with Crippen molar-refractivity contribution in [1.29, 1.82) is 5.41 Å². The van der Waals surface area contributed by atoms with E-state index in [9.17, 15) is 0 Å². The van der Waals surface area contributed by atoms with Gasteiger partial charge in [-0.15, -0.1) is 0 Å². The maximum absolute atomic E-state index is 7.72. The van der Waals surface area contributed by atoms with E-state index < -0.39 is 0 Å². The van der Waals surface area contributed by atoms with Gasteiger partial charge in [0.05, 0.1) is 0 Å². The fraction of sp³-hybridized carbons (Fsp3) is 0.667. The van der Waals surface area contributed by atoms with E-state index in [2.05, 4.69) is 11.9 Å². The minimum atomic E-state index is 0.899. The first kappa shape index (κ1) is 6.89. The van der Waals surface area contributed by atoms with E-state index in [1.54, 1.807) is 0 Å². The Balaban J connectivity index is 2.34. The quantitative estimate of drug-likeness (QED) is 0.560. The van der Waals surface area contributed by atoms with Crippen LogP contribution in [-0.4, -0.2) is 24.2 Å². The number of hydrogen-bond donors (Lipinski definition) is 1. The van der Waals surface area contributed by atoms with Crippen LogP contribution in [0.1, 0.15) is 25.7 Å². The predicted molar refractivity (Wildman–Crippen MR) is 45.9 cm³/mol. The van der Waals surface area contributed by atoms with Crippen molar-refractivity contribution in [2.75, 3.05) is 13.6 Å². The molecule has 0 radical (unpaired) electrons. The van der Waals surface area contributed by atoms with Crippen LogP contribution in [0.5, 0.6) is 0 Å². The SMILES string of the molecule is CN1CCC(=N)C2=C1CCC2. The van der Waals surface area contributed by atoms with Gasteiger partial charge >= 0.3 is 0 Å². The van der Waals surface area contributed by atoms with Crippen molar-refractivity contribution < 1.29 is 0 Å². The smallest absolute Gasteiger partial charge is 0.0380 e. The molecule has 0 amide bonds. The van der Waals surface area contributed by atoms with Crippen LogP contribution in [0, 0.1) is 5.41 Å². The van der Waals surface area contributed by atoms with Crippen LogP contribution in [0.2, 0.25) is 0 Å². The standard InChI is InChI=1S/C9H14N2/c1-11-6-5-8(10)7-3-2-4-9(7)11/h10H,2-6H2,1H3. The molecule has 1 aliphatic heterocycles. The number of allylic oxidation sites excluding steroid dienone is 2. The minimum absolute atomic E-state index is 0.899. The Morgan fingerprint density at radius 3 is 2.82 bits per heavy atom. The van der Waals surface area contributed by atoms with Crippen molar-refractivity contribution in [3.63, 3.8) is 0 Å². The van der Waals surface area contributed by atoms with Gasteiger partial charge in [-0.25, -0.2) is 0 Å². The summed E-state index contributed by atoms with van der Waals surface area (Å²) in [6, 6.07) is 0. The molecule has 0 atom stereocenters. The molecule has 0 bridgehead atoms. The summed E-state index contributed by atoms with van der Waals surface area (Å²) in [5.41, 5.74) is 3.69. The van der Waals surface area contributed by atoms with Crippen LogP contribution in [0.3, 0.4) is 0 Å². The molecule has 1 aliphatic carbocycles. The molecule has 0 saturated carbocycles. The van der Waals surface area contributed by atoms with Gasteiger partial charge in [-0.05, 0) is 24.8 Å². The van der Waals surface area contributed by atoms with Crippen molar-refractivity contribution in [2.24, 2.45) is 0 Å². The highest BCUT2D eigenvalue weighted by Crippen LogP contribution is 2.32. The van der Waals surface area contributed by atoms with Crippen LogP contribution in [-0.2, 0) is 0 Å². The van der Waals surface area contributed by atoms with E-state index in [1.165, 1.54) is 24.1 Å². The van der Waals surface area contributed by atoms with Gasteiger partial charge in [-0.1, -0.05) is 0 Å². The lowest BCUT2D eigenvalue weighted by atomic mass is 10.0. The average Bonchev–Trinajstić information content (AvgIpc) is 2.45. The molecule has 1 N–H and O–H groups in total. The molecule has 60 valence electrons. The first-order valence-electron chi connectivity index (χ1n) is 4.30. The van der Waals surface area contributed by atoms with Crippen LogP contribution in [0.25, 0.3) is 0 Å². The largest absolute Gasteiger partial charge is 0.377 e. The zero-order valence-corrected chi connectivity index (χ0v) is 6.98. The maximum Gasteiger partial charge on any atom is 0.0380 e. The van der Waals surface area contributed by atoms with E-state index in [0.29, 0.717) is 0 Å². The molecule has 0 spiro atoms. The molecule has 0 unspecified atom stereocenters. The highest BCUT2D eigenvalue weighted by molar-refractivity contribution is 5.99. The Hall–Kier alpha value is -0.790. The second kappa shape index (κ2) is 2.36. The van der Waals surface area contributed by atoms with Gasteiger partial charge in [0, 0.05) is 31.4 Å². The van der Waals surface area contributed by atoms with Gasteiger partial charge in [0.2, 0.25) is 0 Å². The molecule has 0 aromatic carbocycles. The molecule has 2 aliphatic rings. The van der Waals surface area contributed by atoms with E-state index in [4.69, 9.17) is 5.41 Å². The molecule has 2 heteroatoms. The molecule has 11 heavy (non-hydrogen) atoms. The molecule has 0 aromatic heterocycles. The lowest BCUT2D eigenvalue weighted by Gasteiger charge is -2.27. The summed E-state index contributed by atoms with van der Waals surface area (Å²) in [6.07, 6.45) is 4.57. The van der Waals surface area contributed by atoms with E-state index in [-0.39, 0.29) is 0 Å². The average molecular weight is 150 g/mol. The summed E-state index contributed by atoms with van der Waals surface area (Å²) in [5.74, 6) is 0. The number of hydrogen-bond acceptors (Lipinski definition) is 2. The van der Waals surface area contributed by atoms with Gasteiger partial charge in [0.15, 0.2) is 0 Å². The summed E-state index contributed by atoms with van der Waals surface area (Å²) < 4.78 is 0. The third kappa shape index (κ3) is 0.971. The molecule has 0 aromatic rings. The van der Waals surface area contributed by atoms with Crippen molar-refractivity contribution in [3.8, 4) is 0 Å². The number of nitrogens with one attached hydrogen (secondary N) is 1. The van der Waals surface area contributed by atoms with Crippen molar-refractivity contribution in [1.82, 2.24) is 4.90 Å². The van der Waals surface area contributed by atoms with Gasteiger partial charge in [0.1, 0.15) is 0 Å². The van der Waals surface area contributed by atoms with E-state index in [1.807, 2.05) is 0 Å². The van der Waals surface area contributed by atoms with E-state index >= 15 is 0 Å². The minimum Gasteiger partial charge on any atom is -0.377 e. The Morgan fingerprint density at radius 1 is 1.27 bits per heavy atom. The van der Waals surface area contributed by atoms with Crippen molar-refractivity contribution >= 4 is 5.71 Å². The lowest BCUT2D eigenvalue weighted by Crippen LogP contribution is -2.27. The molecular weight excluding hydrogens is 136 g/mol. The fourth-order valence-corrected chi connectivity index (χ4v) is 2.04. The van der Waals surface area contributed by atoms with Crippen LogP contribution < -0.4 is 0 Å². The zero-order valence-electron chi connectivity index (χ0n) is 6.98. The highest BCUT2D eigenvalue weighted by Gasteiger charge is 2.24. The lowest BCUT2D eigenvalue weighted by molar-refractivity contribution is 0.410. The first-order valence-corrected chi connectivity index (χ1v) is 4.30. The number of rotatable bonds is 0. The van der Waals surface area contributed by atoms with Crippen molar-refractivity contribution in [3.05, 3.63) is 11.3 Å². The van der Waals surface area contributed by atoms with Crippen LogP contribution in [0.15, 0.2) is 11.3 Å². The van der Waals surface area contributed by atoms with Crippen LogP contribution >= 0.6 is 0 Å². The third-order valence-corrected chi connectivity index (χ3v) is 2.71. The summed E-state index contributed by atoms with van der Waals surface area (Å²) >= 11 is 0. The number of nitrogens with zero attached hydrogens (tertiary/aromatic N) is 1. The van der Waals surface area contributed by atoms with Gasteiger partial charge in [-0.2, -0.15) is 0 Å². The molecule has 1 heterocycles. The third-order valence-electron chi connectivity index (χ3n) is 2.71. The van der Waals surface area contributed by atoms with Crippen LogP contribution in [0.4, 0.5) is 0 Å². The monoisotopic (exact) mass is 150 g/mol. The Morgan fingerprint density at radius 2 is 2.09 bits per heavy atom. The van der Waals surface area contributed by atoms with Gasteiger partial charge < -0.3 is 10.3 Å². The predicted octanol–water partition coefficient (Wildman–Crippen LogP) is 1.78. The molecule has 2 rings (SSSR count). The molecule has 0 saturated heterocycles. The van der Waals surface area contributed by atoms with Gasteiger partial charge in [-0.3, -0.25) is 0 Å². The maximum atomic E-state index is 7.72. The Labute approximate surface area is 67.4 Å². The fourth-order valence-electron chi connectivity index (χ4n) is 2.04. The summed E-state index contributed by atoms with van der Waals surface area (Å²) in [5, 5.41) is 7.72. The van der Waals surface area contributed by atoms with Crippen molar-refractivity contribution in [2.45, 2.75) is 25.7 Å². The normalized spacial score (nSPS) is 24.5. The second-order valence-electron chi connectivity index (χ2n) is 3.43. The topological polar surface area (TPSA) is 27.1 Å². The van der Waals surface area contributed by atoms with E-state index in [0.717, 1.165) is 25.1 Å². The second-order valence-corrected chi connectivity index (χ2v) is 3.43. The molecular formula is C9H14N2. The summed E-state index contributed by atoms with van der Waals surface area (Å²) in [7, 11) is 2.15. The first-order chi connectivity index (χ1) is 5.29. The summed E-state index contributed by atoms with van der Waals surface area (Å²) in [6.45, 7) is 1.05. The Bertz CT molecular complexity index is 228. The molecule has 2 nitrogen and oxygen atoms in total. The zero-order chi connectivity index (χ0) is 7.84. The van der Waals surface area contributed by atoms with Gasteiger partial charge in [0.25, 0.3) is 0 Å². The highest BCUT2D eigenvalue weighted by atomic mass is 15.1. The Kier molecular flexibility index (Phi) is 1.48. The summed E-state index contributed by atoms with van der Waals surface area (Å²) in [4.78, 5) is 2.32.